The van der Waals surface area contributed by atoms with Gasteiger partial charge in [-0.05, 0) is 26.0 Å². The van der Waals surface area contributed by atoms with Gasteiger partial charge in [-0.15, -0.1) is 11.3 Å². The van der Waals surface area contributed by atoms with Crippen LogP contribution in [0.2, 0.25) is 0 Å². The molecule has 2 heterocycles. The van der Waals surface area contributed by atoms with Crippen molar-refractivity contribution in [2.45, 2.75) is 26.0 Å². The maximum atomic E-state index is 12.3. The van der Waals surface area contributed by atoms with E-state index in [0.29, 0.717) is 12.3 Å². The fourth-order valence-corrected chi connectivity index (χ4v) is 3.00. The molecule has 1 aromatic carbocycles. The van der Waals surface area contributed by atoms with Crippen molar-refractivity contribution in [3.8, 4) is 5.75 Å². The van der Waals surface area contributed by atoms with Gasteiger partial charge in [0, 0.05) is 11.1 Å². The fraction of sp³-hybridized carbons (Fsp3) is 0.333. The third kappa shape index (κ3) is 3.00. The first kappa shape index (κ1) is 13.9. The van der Waals surface area contributed by atoms with E-state index in [2.05, 4.69) is 15.6 Å². The predicted molar refractivity (Wildman–Crippen MR) is 82.8 cm³/mol. The minimum absolute atomic E-state index is 0.114. The van der Waals surface area contributed by atoms with E-state index in [-0.39, 0.29) is 11.9 Å². The lowest BCUT2D eigenvalue weighted by atomic mass is 10.2. The van der Waals surface area contributed by atoms with Gasteiger partial charge in [0.2, 0.25) is 0 Å². The number of hydrogen-bond donors (Lipinski definition) is 2. The number of carbonyl (C=O) groups excluding carboxylic acids is 1. The summed E-state index contributed by atoms with van der Waals surface area (Å²) in [6, 6.07) is 7.50. The number of hydrogen-bond acceptors (Lipinski definition) is 5. The molecule has 2 atom stereocenters. The van der Waals surface area contributed by atoms with Crippen LogP contribution in [0.4, 0.5) is 5.69 Å². The molecule has 21 heavy (non-hydrogen) atoms. The molecule has 0 aliphatic carbocycles. The SMILES string of the molecule is Cc1csc(C(C)NC(=O)C2CNc3ccccc3O2)n1. The Kier molecular flexibility index (Phi) is 3.79. The van der Waals surface area contributed by atoms with Gasteiger partial charge in [0.15, 0.2) is 6.10 Å². The average molecular weight is 303 g/mol. The molecule has 2 unspecified atom stereocenters. The van der Waals surface area contributed by atoms with Crippen molar-refractivity contribution in [1.29, 1.82) is 0 Å². The zero-order valence-corrected chi connectivity index (χ0v) is 12.7. The number of amides is 1. The van der Waals surface area contributed by atoms with Crippen LogP contribution >= 0.6 is 11.3 Å². The lowest BCUT2D eigenvalue weighted by Gasteiger charge is -2.27. The molecule has 2 aromatic rings. The van der Waals surface area contributed by atoms with Crippen molar-refractivity contribution in [3.63, 3.8) is 0 Å². The summed E-state index contributed by atoms with van der Waals surface area (Å²) in [7, 11) is 0. The Hall–Kier alpha value is -2.08. The Labute approximate surface area is 127 Å². The second-order valence-electron chi connectivity index (χ2n) is 5.04. The normalized spacial score (nSPS) is 18.1. The molecule has 0 saturated heterocycles. The van der Waals surface area contributed by atoms with Crippen molar-refractivity contribution in [3.05, 3.63) is 40.3 Å². The Morgan fingerprint density at radius 1 is 1.52 bits per heavy atom. The molecule has 110 valence electrons. The van der Waals surface area contributed by atoms with E-state index in [0.717, 1.165) is 16.4 Å². The van der Waals surface area contributed by atoms with E-state index in [9.17, 15) is 4.79 Å². The number of anilines is 1. The first-order chi connectivity index (χ1) is 10.1. The summed E-state index contributed by atoms with van der Waals surface area (Å²) in [5, 5.41) is 9.05. The number of aryl methyl sites for hydroxylation is 1. The van der Waals surface area contributed by atoms with Gasteiger partial charge in [0.05, 0.1) is 18.3 Å². The van der Waals surface area contributed by atoms with Crippen molar-refractivity contribution >= 4 is 22.9 Å². The third-order valence-electron chi connectivity index (χ3n) is 3.29. The summed E-state index contributed by atoms with van der Waals surface area (Å²) in [5.74, 6) is 0.582. The van der Waals surface area contributed by atoms with E-state index in [4.69, 9.17) is 4.74 Å². The van der Waals surface area contributed by atoms with E-state index in [1.165, 1.54) is 0 Å². The number of para-hydroxylation sites is 2. The van der Waals surface area contributed by atoms with Crippen LogP contribution in [-0.4, -0.2) is 23.5 Å². The maximum absolute atomic E-state index is 12.3. The lowest BCUT2D eigenvalue weighted by Crippen LogP contribution is -2.45. The lowest BCUT2D eigenvalue weighted by molar-refractivity contribution is -0.128. The van der Waals surface area contributed by atoms with E-state index >= 15 is 0 Å². The molecule has 0 spiro atoms. The van der Waals surface area contributed by atoms with Gasteiger partial charge in [0.25, 0.3) is 5.91 Å². The van der Waals surface area contributed by atoms with Gasteiger partial charge in [0.1, 0.15) is 10.8 Å². The molecule has 5 nitrogen and oxygen atoms in total. The molecular formula is C15H17N3O2S. The van der Waals surface area contributed by atoms with Crippen molar-refractivity contribution < 1.29 is 9.53 Å². The second-order valence-corrected chi connectivity index (χ2v) is 5.93. The van der Waals surface area contributed by atoms with Gasteiger partial charge in [-0.1, -0.05) is 12.1 Å². The fourth-order valence-electron chi connectivity index (χ4n) is 2.20. The molecule has 1 aliphatic rings. The summed E-state index contributed by atoms with van der Waals surface area (Å²) in [5.41, 5.74) is 1.89. The minimum atomic E-state index is -0.525. The predicted octanol–water partition coefficient (Wildman–Crippen LogP) is 2.50. The summed E-state index contributed by atoms with van der Waals surface area (Å²) in [4.78, 5) is 16.7. The van der Waals surface area contributed by atoms with Gasteiger partial charge >= 0.3 is 0 Å². The quantitative estimate of drug-likeness (QED) is 0.914. The zero-order valence-electron chi connectivity index (χ0n) is 11.9. The number of thiazole rings is 1. The van der Waals surface area contributed by atoms with Crippen LogP contribution in [0.1, 0.15) is 23.7 Å². The molecule has 0 bridgehead atoms. The summed E-state index contributed by atoms with van der Waals surface area (Å²) >= 11 is 1.55. The highest BCUT2D eigenvalue weighted by Crippen LogP contribution is 2.28. The van der Waals surface area contributed by atoms with Crippen molar-refractivity contribution in [2.75, 3.05) is 11.9 Å². The minimum Gasteiger partial charge on any atom is -0.477 e. The number of fused-ring (bicyclic) bond motifs is 1. The topological polar surface area (TPSA) is 63.2 Å². The van der Waals surface area contributed by atoms with Crippen molar-refractivity contribution in [2.24, 2.45) is 0 Å². The standard InChI is InChI=1S/C15H17N3O2S/c1-9-8-21-15(17-9)10(2)18-14(19)13-7-16-11-5-3-4-6-12(11)20-13/h3-6,8,10,13,16H,7H2,1-2H3,(H,18,19). The Morgan fingerprint density at radius 3 is 3.10 bits per heavy atom. The van der Waals surface area contributed by atoms with Crippen LogP contribution in [0.25, 0.3) is 0 Å². The molecule has 1 aromatic heterocycles. The number of ether oxygens (including phenoxy) is 1. The van der Waals surface area contributed by atoms with Crippen molar-refractivity contribution in [1.82, 2.24) is 10.3 Å². The highest BCUT2D eigenvalue weighted by Gasteiger charge is 2.27. The second kappa shape index (κ2) is 5.73. The van der Waals surface area contributed by atoms with Gasteiger partial charge in [-0.2, -0.15) is 0 Å². The average Bonchev–Trinajstić information content (AvgIpc) is 2.93. The molecule has 0 saturated carbocycles. The Morgan fingerprint density at radius 2 is 2.33 bits per heavy atom. The highest BCUT2D eigenvalue weighted by atomic mass is 32.1. The van der Waals surface area contributed by atoms with Crippen LogP contribution < -0.4 is 15.4 Å². The van der Waals surface area contributed by atoms with Crippen LogP contribution in [0.3, 0.4) is 0 Å². The first-order valence-corrected chi connectivity index (χ1v) is 7.73. The first-order valence-electron chi connectivity index (χ1n) is 6.85. The number of carbonyl (C=O) groups is 1. The number of nitrogens with one attached hydrogen (secondary N) is 2. The zero-order chi connectivity index (χ0) is 14.8. The summed E-state index contributed by atoms with van der Waals surface area (Å²) < 4.78 is 5.74. The molecule has 0 fully saturated rings. The van der Waals surface area contributed by atoms with Crippen LogP contribution in [-0.2, 0) is 4.79 Å². The maximum Gasteiger partial charge on any atom is 0.263 e. The molecule has 0 radical (unpaired) electrons. The number of nitrogens with zero attached hydrogens (tertiary/aromatic N) is 1. The van der Waals surface area contributed by atoms with Crippen LogP contribution in [0.15, 0.2) is 29.6 Å². The van der Waals surface area contributed by atoms with E-state index < -0.39 is 6.10 Å². The smallest absolute Gasteiger partial charge is 0.263 e. The molecule has 1 aliphatic heterocycles. The van der Waals surface area contributed by atoms with Gasteiger partial charge in [-0.3, -0.25) is 4.79 Å². The molecule has 2 N–H and O–H groups in total. The summed E-state index contributed by atoms with van der Waals surface area (Å²) in [6.45, 7) is 4.34. The molecular weight excluding hydrogens is 286 g/mol. The van der Waals surface area contributed by atoms with E-state index in [1.54, 1.807) is 11.3 Å². The number of benzene rings is 1. The summed E-state index contributed by atoms with van der Waals surface area (Å²) in [6.07, 6.45) is -0.525. The highest BCUT2D eigenvalue weighted by molar-refractivity contribution is 7.09. The largest absolute Gasteiger partial charge is 0.477 e. The monoisotopic (exact) mass is 303 g/mol. The molecule has 6 heteroatoms. The molecule has 1 amide bonds. The van der Waals surface area contributed by atoms with Gasteiger partial charge in [-0.25, -0.2) is 4.98 Å². The number of rotatable bonds is 3. The van der Waals surface area contributed by atoms with Gasteiger partial charge < -0.3 is 15.4 Å². The van der Waals surface area contributed by atoms with E-state index in [1.807, 2.05) is 43.5 Å². The van der Waals surface area contributed by atoms with Crippen LogP contribution in [0, 0.1) is 6.92 Å². The molecule has 3 rings (SSSR count). The Balaban J connectivity index is 1.64. The number of aromatic nitrogens is 1. The van der Waals surface area contributed by atoms with Crippen LogP contribution in [0.5, 0.6) is 5.75 Å². The third-order valence-corrected chi connectivity index (χ3v) is 4.44. The Bertz CT molecular complexity index is 656.